The molecule has 0 aromatic heterocycles. The summed E-state index contributed by atoms with van der Waals surface area (Å²) in [5, 5.41) is 2.68. The third kappa shape index (κ3) is 5.56. The molecule has 0 aliphatic rings. The highest BCUT2D eigenvalue weighted by Crippen LogP contribution is 2.27. The number of amides is 1. The summed E-state index contributed by atoms with van der Waals surface area (Å²) in [5.41, 5.74) is 1.20. The van der Waals surface area contributed by atoms with Gasteiger partial charge < -0.3 is 10.1 Å². The number of benzene rings is 2. The van der Waals surface area contributed by atoms with E-state index in [-0.39, 0.29) is 12.5 Å². The Morgan fingerprint density at radius 1 is 1.25 bits per heavy atom. The highest BCUT2D eigenvalue weighted by molar-refractivity contribution is 7.92. The highest BCUT2D eigenvalue weighted by atomic mass is 32.2. The second-order valence-corrected chi connectivity index (χ2v) is 7.91. The van der Waals surface area contributed by atoms with E-state index in [1.165, 1.54) is 24.3 Å². The van der Waals surface area contributed by atoms with Gasteiger partial charge in [-0.05, 0) is 49.4 Å². The second-order valence-electron chi connectivity index (χ2n) is 6.00. The normalized spacial score (nSPS) is 11.0. The first kappa shape index (κ1) is 21.4. The van der Waals surface area contributed by atoms with E-state index in [0.29, 0.717) is 35.7 Å². The summed E-state index contributed by atoms with van der Waals surface area (Å²) < 4.78 is 44.7. The molecular formula is C20H23FN2O4S. The van der Waals surface area contributed by atoms with Crippen molar-refractivity contribution in [3.63, 3.8) is 0 Å². The number of hydrogen-bond acceptors (Lipinski definition) is 4. The van der Waals surface area contributed by atoms with Gasteiger partial charge in [0.15, 0.2) is 0 Å². The van der Waals surface area contributed by atoms with Gasteiger partial charge in [-0.3, -0.25) is 9.10 Å². The standard InChI is InChI=1S/C20H23FN2O4S/c1-4-12-22-20(24)15-6-11-19(27-5-2)16(13-15)14-23(28(3,25)26)18-9-7-17(21)8-10-18/h4,6-11,13H,1,5,12,14H2,2-3H3,(H,22,24). The van der Waals surface area contributed by atoms with Gasteiger partial charge in [0, 0.05) is 17.7 Å². The smallest absolute Gasteiger partial charge is 0.251 e. The summed E-state index contributed by atoms with van der Waals surface area (Å²) in [6.07, 6.45) is 2.63. The molecule has 0 aliphatic carbocycles. The monoisotopic (exact) mass is 406 g/mol. The van der Waals surface area contributed by atoms with E-state index in [4.69, 9.17) is 4.74 Å². The van der Waals surface area contributed by atoms with E-state index in [1.54, 1.807) is 24.3 Å². The fourth-order valence-electron chi connectivity index (χ4n) is 2.57. The molecule has 0 atom stereocenters. The molecule has 0 unspecified atom stereocenters. The molecule has 150 valence electrons. The minimum Gasteiger partial charge on any atom is -0.494 e. The van der Waals surface area contributed by atoms with Crippen LogP contribution in [0.1, 0.15) is 22.8 Å². The number of anilines is 1. The van der Waals surface area contributed by atoms with Crippen molar-refractivity contribution in [2.24, 2.45) is 0 Å². The van der Waals surface area contributed by atoms with E-state index in [1.807, 2.05) is 6.92 Å². The van der Waals surface area contributed by atoms with Crippen LogP contribution in [0.2, 0.25) is 0 Å². The molecule has 0 radical (unpaired) electrons. The van der Waals surface area contributed by atoms with Crippen molar-refractivity contribution < 1.29 is 22.3 Å². The summed E-state index contributed by atoms with van der Waals surface area (Å²) in [5.74, 6) is -0.302. The molecule has 2 aromatic carbocycles. The minimum absolute atomic E-state index is 0.0671. The molecular weight excluding hydrogens is 383 g/mol. The summed E-state index contributed by atoms with van der Waals surface area (Å²) in [6.45, 7) is 5.99. The molecule has 0 saturated carbocycles. The van der Waals surface area contributed by atoms with Crippen LogP contribution < -0.4 is 14.4 Å². The van der Waals surface area contributed by atoms with Crippen molar-refractivity contribution >= 4 is 21.6 Å². The van der Waals surface area contributed by atoms with Crippen LogP contribution in [0.25, 0.3) is 0 Å². The zero-order valence-electron chi connectivity index (χ0n) is 15.8. The minimum atomic E-state index is -3.67. The number of rotatable bonds is 9. The van der Waals surface area contributed by atoms with Gasteiger partial charge in [-0.1, -0.05) is 6.08 Å². The molecule has 0 heterocycles. The molecule has 28 heavy (non-hydrogen) atoms. The maximum absolute atomic E-state index is 13.2. The molecule has 2 rings (SSSR count). The molecule has 1 N–H and O–H groups in total. The Morgan fingerprint density at radius 3 is 2.50 bits per heavy atom. The molecule has 1 amide bonds. The Bertz CT molecular complexity index is 943. The third-order valence-electron chi connectivity index (χ3n) is 3.86. The van der Waals surface area contributed by atoms with Gasteiger partial charge in [0.05, 0.1) is 25.1 Å². The van der Waals surface area contributed by atoms with Crippen LogP contribution in [0, 0.1) is 5.82 Å². The Morgan fingerprint density at radius 2 is 1.93 bits per heavy atom. The van der Waals surface area contributed by atoms with Gasteiger partial charge in [-0.25, -0.2) is 12.8 Å². The van der Waals surface area contributed by atoms with Crippen molar-refractivity contribution in [2.75, 3.05) is 23.7 Å². The van der Waals surface area contributed by atoms with Crippen molar-refractivity contribution in [3.8, 4) is 5.75 Å². The average molecular weight is 406 g/mol. The molecule has 0 bridgehead atoms. The largest absolute Gasteiger partial charge is 0.494 e. The molecule has 0 fully saturated rings. The maximum Gasteiger partial charge on any atom is 0.251 e. The Hall–Kier alpha value is -2.87. The average Bonchev–Trinajstić information content (AvgIpc) is 2.65. The zero-order chi connectivity index (χ0) is 20.7. The number of nitrogens with one attached hydrogen (secondary N) is 1. The number of carbonyl (C=O) groups is 1. The number of sulfonamides is 1. The first-order valence-electron chi connectivity index (χ1n) is 8.64. The highest BCUT2D eigenvalue weighted by Gasteiger charge is 2.21. The van der Waals surface area contributed by atoms with Gasteiger partial charge in [-0.15, -0.1) is 6.58 Å². The quantitative estimate of drug-likeness (QED) is 0.650. The molecule has 0 saturated heterocycles. The lowest BCUT2D eigenvalue weighted by Gasteiger charge is -2.24. The van der Waals surface area contributed by atoms with Crippen LogP contribution in [-0.2, 0) is 16.6 Å². The SMILES string of the molecule is C=CCNC(=O)c1ccc(OCC)c(CN(c2ccc(F)cc2)S(C)(=O)=O)c1. The van der Waals surface area contributed by atoms with Crippen molar-refractivity contribution in [1.29, 1.82) is 0 Å². The number of halogens is 1. The first-order chi connectivity index (χ1) is 13.3. The van der Waals surface area contributed by atoms with Crippen LogP contribution in [-0.4, -0.2) is 33.7 Å². The number of carbonyl (C=O) groups excluding carboxylic acids is 1. The lowest BCUT2D eigenvalue weighted by Crippen LogP contribution is -2.30. The molecule has 6 nitrogen and oxygen atoms in total. The fraction of sp³-hybridized carbons (Fsp3) is 0.250. The topological polar surface area (TPSA) is 75.7 Å². The van der Waals surface area contributed by atoms with Crippen LogP contribution in [0.15, 0.2) is 55.1 Å². The van der Waals surface area contributed by atoms with E-state index in [0.717, 1.165) is 10.6 Å². The summed E-state index contributed by atoms with van der Waals surface area (Å²) >= 11 is 0. The van der Waals surface area contributed by atoms with Crippen molar-refractivity contribution in [2.45, 2.75) is 13.5 Å². The van der Waals surface area contributed by atoms with Gasteiger partial charge in [-0.2, -0.15) is 0 Å². The summed E-state index contributed by atoms with van der Waals surface area (Å²) in [7, 11) is -3.67. The molecule has 0 aliphatic heterocycles. The maximum atomic E-state index is 13.2. The van der Waals surface area contributed by atoms with Gasteiger partial charge in [0.2, 0.25) is 10.0 Å². The van der Waals surface area contributed by atoms with E-state index in [9.17, 15) is 17.6 Å². The molecule has 8 heteroatoms. The predicted molar refractivity (Wildman–Crippen MR) is 108 cm³/mol. The lowest BCUT2D eigenvalue weighted by molar-refractivity contribution is 0.0958. The lowest BCUT2D eigenvalue weighted by atomic mass is 10.1. The second kappa shape index (κ2) is 9.36. The van der Waals surface area contributed by atoms with Crippen LogP contribution in [0.4, 0.5) is 10.1 Å². The van der Waals surface area contributed by atoms with E-state index in [2.05, 4.69) is 11.9 Å². The van der Waals surface area contributed by atoms with Gasteiger partial charge >= 0.3 is 0 Å². The molecule has 0 spiro atoms. The van der Waals surface area contributed by atoms with Crippen LogP contribution in [0.5, 0.6) is 5.75 Å². The van der Waals surface area contributed by atoms with Crippen molar-refractivity contribution in [3.05, 3.63) is 72.1 Å². The number of hydrogen-bond donors (Lipinski definition) is 1. The summed E-state index contributed by atoms with van der Waals surface area (Å²) in [4.78, 5) is 12.2. The Kier molecular flexibility index (Phi) is 7.17. The fourth-order valence-corrected chi connectivity index (χ4v) is 3.45. The van der Waals surface area contributed by atoms with Crippen LogP contribution in [0.3, 0.4) is 0 Å². The zero-order valence-corrected chi connectivity index (χ0v) is 16.6. The summed E-state index contributed by atoms with van der Waals surface area (Å²) in [6, 6.07) is 9.98. The van der Waals surface area contributed by atoms with E-state index < -0.39 is 15.8 Å². The Labute approximate surface area is 164 Å². The number of ether oxygens (including phenoxy) is 1. The van der Waals surface area contributed by atoms with Crippen LogP contribution >= 0.6 is 0 Å². The van der Waals surface area contributed by atoms with Crippen molar-refractivity contribution in [1.82, 2.24) is 5.32 Å². The first-order valence-corrected chi connectivity index (χ1v) is 10.5. The molecule has 2 aromatic rings. The Balaban J connectivity index is 2.44. The van der Waals surface area contributed by atoms with Gasteiger partial charge in [0.1, 0.15) is 11.6 Å². The number of nitrogens with zero attached hydrogens (tertiary/aromatic N) is 1. The predicted octanol–water partition coefficient (Wildman–Crippen LogP) is 3.11. The van der Waals surface area contributed by atoms with Gasteiger partial charge in [0.25, 0.3) is 5.91 Å². The van der Waals surface area contributed by atoms with E-state index >= 15 is 0 Å². The third-order valence-corrected chi connectivity index (χ3v) is 5.00.